The highest BCUT2D eigenvalue weighted by molar-refractivity contribution is 7.10. The molecule has 1 atom stereocenters. The second-order valence-electron chi connectivity index (χ2n) is 4.95. The van der Waals surface area contributed by atoms with E-state index in [9.17, 15) is 4.79 Å². The largest absolute Gasteiger partial charge is 1.00 e. The molecule has 1 aliphatic rings. The molecule has 0 saturated heterocycles. The Hall–Kier alpha value is -1.36. The second-order valence-corrected chi connectivity index (χ2v) is 5.91. The van der Waals surface area contributed by atoms with Crippen LogP contribution in [0.15, 0.2) is 35.7 Å². The molecule has 2 N–H and O–H groups in total. The molecule has 0 amide bonds. The molecule has 2 heterocycles. The van der Waals surface area contributed by atoms with E-state index in [0.717, 1.165) is 31.6 Å². The topological polar surface area (TPSA) is 41.7 Å². The van der Waals surface area contributed by atoms with Crippen LogP contribution in [0.2, 0.25) is 0 Å². The fourth-order valence-corrected chi connectivity index (χ4v) is 3.82. The van der Waals surface area contributed by atoms with E-state index in [1.807, 2.05) is 6.07 Å². The summed E-state index contributed by atoms with van der Waals surface area (Å²) >= 11 is 1.59. The molecule has 3 rings (SSSR count). The summed E-state index contributed by atoms with van der Waals surface area (Å²) < 4.78 is 0. The molecule has 0 aliphatic carbocycles. The van der Waals surface area contributed by atoms with E-state index in [0.29, 0.717) is 5.56 Å². The van der Waals surface area contributed by atoms with E-state index in [4.69, 9.17) is 5.11 Å². The van der Waals surface area contributed by atoms with Gasteiger partial charge in [-0.15, -0.1) is 11.3 Å². The number of fused-ring (bicyclic) bond motifs is 1. The predicted octanol–water partition coefficient (Wildman–Crippen LogP) is -1.41. The molecule has 0 radical (unpaired) electrons. The highest BCUT2D eigenvalue weighted by Gasteiger charge is 2.25. The number of quaternary nitrogens is 1. The maximum atomic E-state index is 11.1. The third kappa shape index (κ3) is 3.03. The summed E-state index contributed by atoms with van der Waals surface area (Å²) in [5.41, 5.74) is 2.92. The van der Waals surface area contributed by atoms with Crippen molar-refractivity contribution in [2.75, 3.05) is 6.54 Å². The zero-order chi connectivity index (χ0) is 13.2. The van der Waals surface area contributed by atoms with Crippen molar-refractivity contribution in [1.29, 1.82) is 0 Å². The number of carboxylic acids is 1. The van der Waals surface area contributed by atoms with E-state index >= 15 is 0 Å². The molecule has 0 bridgehead atoms. The van der Waals surface area contributed by atoms with Crippen molar-refractivity contribution < 1.29 is 27.2 Å². The van der Waals surface area contributed by atoms with Crippen molar-refractivity contribution in [3.05, 3.63) is 57.3 Å². The van der Waals surface area contributed by atoms with Crippen LogP contribution in [0.25, 0.3) is 0 Å². The molecule has 3 nitrogen and oxygen atoms in total. The normalized spacial score (nSPS) is 17.1. The predicted molar refractivity (Wildman–Crippen MR) is 74.7 cm³/mol. The lowest BCUT2D eigenvalue weighted by Gasteiger charge is -2.24. The lowest BCUT2D eigenvalue weighted by atomic mass is 10.0. The molecule has 1 unspecified atom stereocenters. The first-order valence-corrected chi connectivity index (χ1v) is 7.32. The number of nitrogens with one attached hydrogen (secondary N) is 1. The third-order valence-electron chi connectivity index (χ3n) is 3.65. The quantitative estimate of drug-likeness (QED) is 0.732. The number of benzene rings is 1. The number of thiophene rings is 1. The molecule has 2 aromatic rings. The number of rotatable bonds is 3. The van der Waals surface area contributed by atoms with Crippen LogP contribution in [-0.2, 0) is 19.5 Å². The van der Waals surface area contributed by atoms with Gasteiger partial charge in [0, 0.05) is 17.4 Å². The van der Waals surface area contributed by atoms with E-state index in [2.05, 4.69) is 24.3 Å². The highest BCUT2D eigenvalue weighted by Crippen LogP contribution is 2.24. The summed E-state index contributed by atoms with van der Waals surface area (Å²) in [6.07, 6.45) is 0.878. The van der Waals surface area contributed by atoms with Crippen LogP contribution in [0.3, 0.4) is 0 Å². The maximum absolute atomic E-state index is 11.1. The molecular formula is C15H16ClNO2S. The number of carboxylic acid groups (broad SMARTS) is 1. The minimum absolute atomic E-state index is 0. The van der Waals surface area contributed by atoms with Crippen LogP contribution in [-0.4, -0.2) is 17.6 Å². The number of aromatic carboxylic acids is 1. The first-order chi connectivity index (χ1) is 9.24. The zero-order valence-electron chi connectivity index (χ0n) is 10.9. The first kappa shape index (κ1) is 15.0. The van der Waals surface area contributed by atoms with E-state index < -0.39 is 5.97 Å². The monoisotopic (exact) mass is 309 g/mol. The molecular weight excluding hydrogens is 294 g/mol. The molecule has 1 aromatic heterocycles. The Morgan fingerprint density at radius 1 is 1.30 bits per heavy atom. The summed E-state index contributed by atoms with van der Waals surface area (Å²) in [7, 11) is 0. The minimum atomic E-state index is -0.788. The van der Waals surface area contributed by atoms with Crippen LogP contribution >= 0.6 is 11.3 Å². The lowest BCUT2D eigenvalue weighted by Crippen LogP contribution is -3.10. The van der Waals surface area contributed by atoms with Crippen molar-refractivity contribution in [2.45, 2.75) is 19.5 Å². The van der Waals surface area contributed by atoms with Crippen molar-refractivity contribution in [1.82, 2.24) is 0 Å². The smallest absolute Gasteiger partial charge is 0.336 e. The molecule has 0 fully saturated rings. The van der Waals surface area contributed by atoms with Crippen LogP contribution < -0.4 is 17.3 Å². The van der Waals surface area contributed by atoms with E-state index in [1.165, 1.54) is 15.3 Å². The number of halogens is 1. The summed E-state index contributed by atoms with van der Waals surface area (Å²) in [6.45, 7) is 2.97. The minimum Gasteiger partial charge on any atom is -1.00 e. The zero-order valence-corrected chi connectivity index (χ0v) is 12.5. The Labute approximate surface area is 128 Å². The summed E-state index contributed by atoms with van der Waals surface area (Å²) in [4.78, 5) is 13.9. The molecule has 5 heteroatoms. The summed E-state index contributed by atoms with van der Waals surface area (Å²) in [6, 6.07) is 10.5. The van der Waals surface area contributed by atoms with Crippen LogP contribution in [0.1, 0.15) is 26.4 Å². The Bertz CT molecular complexity index is 597. The molecule has 1 aromatic carbocycles. The van der Waals surface area contributed by atoms with Crippen LogP contribution in [0.5, 0.6) is 0 Å². The van der Waals surface area contributed by atoms with Crippen molar-refractivity contribution in [3.8, 4) is 0 Å². The fourth-order valence-electron chi connectivity index (χ4n) is 2.68. The van der Waals surface area contributed by atoms with E-state index in [1.54, 1.807) is 16.7 Å². The highest BCUT2D eigenvalue weighted by atomic mass is 35.5. The van der Waals surface area contributed by atoms with E-state index in [-0.39, 0.29) is 12.4 Å². The van der Waals surface area contributed by atoms with Crippen molar-refractivity contribution >= 4 is 17.3 Å². The average Bonchev–Trinajstić information content (AvgIpc) is 2.83. The Kier molecular flexibility index (Phi) is 4.81. The van der Waals surface area contributed by atoms with Gasteiger partial charge in [-0.05, 0) is 5.56 Å². The van der Waals surface area contributed by atoms with Gasteiger partial charge in [-0.2, -0.15) is 0 Å². The van der Waals surface area contributed by atoms with Gasteiger partial charge in [0.2, 0.25) is 0 Å². The SMILES string of the molecule is O=C(O)c1csc2c1CC[NH+](Cc1ccccc1)C2.[Cl-]. The van der Waals surface area contributed by atoms with Gasteiger partial charge in [0.15, 0.2) is 0 Å². The van der Waals surface area contributed by atoms with Gasteiger partial charge in [0.25, 0.3) is 0 Å². The molecule has 1 aliphatic heterocycles. The number of hydrogen-bond acceptors (Lipinski definition) is 2. The average molecular weight is 310 g/mol. The molecule has 106 valence electrons. The van der Waals surface area contributed by atoms with Gasteiger partial charge in [0.05, 0.1) is 17.0 Å². The third-order valence-corrected chi connectivity index (χ3v) is 4.68. The Balaban J connectivity index is 0.00000147. The van der Waals surface area contributed by atoms with Gasteiger partial charge in [-0.3, -0.25) is 0 Å². The standard InChI is InChI=1S/C15H15NO2S.ClH/c17-15(18)13-10-19-14-9-16(7-6-12(13)14)8-11-4-2-1-3-5-11;/h1-5,10H,6-9H2,(H,17,18);1H. The maximum Gasteiger partial charge on any atom is 0.336 e. The molecule has 0 spiro atoms. The Morgan fingerprint density at radius 3 is 2.75 bits per heavy atom. The van der Waals surface area contributed by atoms with Gasteiger partial charge in [-0.25, -0.2) is 4.79 Å². The van der Waals surface area contributed by atoms with Gasteiger partial charge in [-0.1, -0.05) is 30.3 Å². The number of hydrogen-bond donors (Lipinski definition) is 2. The van der Waals surface area contributed by atoms with Gasteiger partial charge in [0.1, 0.15) is 13.1 Å². The fraction of sp³-hybridized carbons (Fsp3) is 0.267. The first-order valence-electron chi connectivity index (χ1n) is 6.44. The second kappa shape index (κ2) is 6.39. The van der Waals surface area contributed by atoms with Gasteiger partial charge < -0.3 is 22.4 Å². The summed E-state index contributed by atoms with van der Waals surface area (Å²) in [5.74, 6) is -0.788. The lowest BCUT2D eigenvalue weighted by molar-refractivity contribution is -0.929. The van der Waals surface area contributed by atoms with Crippen LogP contribution in [0, 0.1) is 0 Å². The Morgan fingerprint density at radius 2 is 2.05 bits per heavy atom. The van der Waals surface area contributed by atoms with Crippen molar-refractivity contribution in [2.24, 2.45) is 0 Å². The summed E-state index contributed by atoms with van der Waals surface area (Å²) in [5, 5.41) is 10.9. The molecule has 0 saturated carbocycles. The van der Waals surface area contributed by atoms with Crippen LogP contribution in [0.4, 0.5) is 0 Å². The number of carbonyl (C=O) groups is 1. The van der Waals surface area contributed by atoms with Crippen molar-refractivity contribution in [3.63, 3.8) is 0 Å². The van der Waals surface area contributed by atoms with Gasteiger partial charge >= 0.3 is 5.97 Å². The molecule has 20 heavy (non-hydrogen) atoms.